The normalized spacial score (nSPS) is 17.1. The number of methoxy groups -OCH3 is 1. The predicted molar refractivity (Wildman–Crippen MR) is 104 cm³/mol. The lowest BCUT2D eigenvalue weighted by Crippen LogP contribution is -2.34. The molecule has 0 saturated heterocycles. The van der Waals surface area contributed by atoms with Crippen LogP contribution in [0, 0.1) is 0 Å². The van der Waals surface area contributed by atoms with Crippen LogP contribution < -0.4 is 5.32 Å². The molecule has 0 fully saturated rings. The molecular formula is C16H12BrCl2N3O2S. The molecule has 0 bridgehead atoms. The van der Waals surface area contributed by atoms with Crippen LogP contribution in [-0.4, -0.2) is 29.2 Å². The van der Waals surface area contributed by atoms with E-state index in [1.54, 1.807) is 24.4 Å². The Kier molecular flexibility index (Phi) is 5.78. The van der Waals surface area contributed by atoms with Gasteiger partial charge in [0.15, 0.2) is 10.8 Å². The number of thiazole rings is 1. The van der Waals surface area contributed by atoms with E-state index in [9.17, 15) is 4.79 Å². The molecule has 1 N–H and O–H groups in total. The molecule has 1 unspecified atom stereocenters. The van der Waals surface area contributed by atoms with Gasteiger partial charge >= 0.3 is 5.97 Å². The molecule has 25 heavy (non-hydrogen) atoms. The van der Waals surface area contributed by atoms with Crippen molar-refractivity contribution >= 4 is 62.3 Å². The number of aliphatic imine (C=N–C) groups is 1. The Labute approximate surface area is 166 Å². The van der Waals surface area contributed by atoms with Gasteiger partial charge in [-0.15, -0.1) is 11.3 Å². The first-order chi connectivity index (χ1) is 12.0. The average molecular weight is 461 g/mol. The van der Waals surface area contributed by atoms with Gasteiger partial charge in [-0.1, -0.05) is 45.2 Å². The second-order valence-corrected chi connectivity index (χ2v) is 7.32. The standard InChI is InChI=1S/C16H12BrCl2N3O2S/c1-24-16(23)12-11(7-17)21-14(15-20-4-5-25-15)22-13(12)9-3-2-8(18)6-10(9)19/h2-6,13H,7H2,1H3,(H,21,22). The molecular weight excluding hydrogens is 449 g/mol. The fourth-order valence-electron chi connectivity index (χ4n) is 2.45. The number of carbonyl (C=O) groups is 1. The summed E-state index contributed by atoms with van der Waals surface area (Å²) in [5.41, 5.74) is 1.72. The monoisotopic (exact) mass is 459 g/mol. The maximum absolute atomic E-state index is 12.4. The Morgan fingerprint density at radius 3 is 2.84 bits per heavy atom. The smallest absolute Gasteiger partial charge is 0.338 e. The van der Waals surface area contributed by atoms with Crippen LogP contribution in [0.1, 0.15) is 16.6 Å². The van der Waals surface area contributed by atoms with Crippen LogP contribution in [0.3, 0.4) is 0 Å². The van der Waals surface area contributed by atoms with Crippen molar-refractivity contribution in [3.8, 4) is 0 Å². The molecule has 5 nitrogen and oxygen atoms in total. The highest BCUT2D eigenvalue weighted by Crippen LogP contribution is 2.37. The van der Waals surface area contributed by atoms with Crippen molar-refractivity contribution in [1.82, 2.24) is 10.3 Å². The number of nitrogens with zero attached hydrogens (tertiary/aromatic N) is 2. The Morgan fingerprint density at radius 2 is 2.24 bits per heavy atom. The summed E-state index contributed by atoms with van der Waals surface area (Å²) in [4.78, 5) is 21.4. The first-order valence-corrected chi connectivity index (χ1v) is 9.87. The second kappa shape index (κ2) is 7.86. The molecule has 3 rings (SSSR count). The highest BCUT2D eigenvalue weighted by atomic mass is 79.9. The van der Waals surface area contributed by atoms with Gasteiger partial charge in [0.25, 0.3) is 0 Å². The van der Waals surface area contributed by atoms with E-state index in [0.29, 0.717) is 38.0 Å². The number of allylic oxidation sites excluding steroid dienone is 1. The van der Waals surface area contributed by atoms with Crippen LogP contribution in [0.2, 0.25) is 10.0 Å². The van der Waals surface area contributed by atoms with Gasteiger partial charge < -0.3 is 10.1 Å². The van der Waals surface area contributed by atoms with Crippen molar-refractivity contribution in [3.05, 3.63) is 61.7 Å². The van der Waals surface area contributed by atoms with E-state index in [-0.39, 0.29) is 0 Å². The van der Waals surface area contributed by atoms with Crippen LogP contribution in [-0.2, 0) is 9.53 Å². The van der Waals surface area contributed by atoms with Crippen LogP contribution >= 0.6 is 50.5 Å². The van der Waals surface area contributed by atoms with Gasteiger partial charge in [0.1, 0.15) is 6.04 Å². The minimum absolute atomic E-state index is 0.393. The number of alkyl halides is 1. The molecule has 1 aromatic carbocycles. The molecule has 1 aromatic heterocycles. The Hall–Kier alpha value is -1.41. The molecule has 130 valence electrons. The highest BCUT2D eigenvalue weighted by molar-refractivity contribution is 9.09. The molecule has 2 heterocycles. The molecule has 0 spiro atoms. The van der Waals surface area contributed by atoms with Crippen molar-refractivity contribution in [2.45, 2.75) is 6.04 Å². The zero-order valence-corrected chi connectivity index (χ0v) is 16.8. The number of rotatable bonds is 4. The van der Waals surface area contributed by atoms with Crippen molar-refractivity contribution in [2.24, 2.45) is 4.99 Å². The minimum atomic E-state index is -0.620. The largest absolute Gasteiger partial charge is 0.466 e. The van der Waals surface area contributed by atoms with Crippen LogP contribution in [0.5, 0.6) is 0 Å². The maximum Gasteiger partial charge on any atom is 0.338 e. The van der Waals surface area contributed by atoms with Crippen LogP contribution in [0.4, 0.5) is 0 Å². The number of nitrogens with one attached hydrogen (secondary N) is 1. The minimum Gasteiger partial charge on any atom is -0.466 e. The Balaban J connectivity index is 2.17. The lowest BCUT2D eigenvalue weighted by molar-refractivity contribution is -0.136. The number of hydrogen-bond donors (Lipinski definition) is 1. The van der Waals surface area contributed by atoms with E-state index in [4.69, 9.17) is 27.9 Å². The van der Waals surface area contributed by atoms with Gasteiger partial charge in [0.2, 0.25) is 0 Å². The topological polar surface area (TPSA) is 63.6 Å². The number of esters is 1. The van der Waals surface area contributed by atoms with Gasteiger partial charge in [-0.2, -0.15) is 0 Å². The lowest BCUT2D eigenvalue weighted by atomic mass is 9.96. The summed E-state index contributed by atoms with van der Waals surface area (Å²) in [6.45, 7) is 0. The Morgan fingerprint density at radius 1 is 1.44 bits per heavy atom. The molecule has 0 saturated carbocycles. The third kappa shape index (κ3) is 3.74. The molecule has 0 amide bonds. The number of benzene rings is 1. The quantitative estimate of drug-likeness (QED) is 0.543. The van der Waals surface area contributed by atoms with Crippen molar-refractivity contribution in [1.29, 1.82) is 0 Å². The van der Waals surface area contributed by atoms with E-state index in [0.717, 1.165) is 5.01 Å². The van der Waals surface area contributed by atoms with Crippen molar-refractivity contribution < 1.29 is 9.53 Å². The van der Waals surface area contributed by atoms with Gasteiger partial charge in [-0.25, -0.2) is 9.78 Å². The molecule has 1 atom stereocenters. The lowest BCUT2D eigenvalue weighted by Gasteiger charge is -2.26. The van der Waals surface area contributed by atoms with E-state index in [1.165, 1.54) is 18.4 Å². The van der Waals surface area contributed by atoms with E-state index >= 15 is 0 Å². The molecule has 1 aliphatic rings. The third-order valence-corrected chi connectivity index (χ3v) is 5.46. The van der Waals surface area contributed by atoms with E-state index in [1.807, 2.05) is 5.38 Å². The van der Waals surface area contributed by atoms with Gasteiger partial charge in [-0.3, -0.25) is 4.99 Å². The summed E-state index contributed by atoms with van der Waals surface area (Å²) in [5, 5.41) is 7.10. The fourth-order valence-corrected chi connectivity index (χ4v) is 3.99. The summed E-state index contributed by atoms with van der Waals surface area (Å²) in [6, 6.07) is 4.48. The molecule has 1 aliphatic heterocycles. The first-order valence-electron chi connectivity index (χ1n) is 7.12. The van der Waals surface area contributed by atoms with Crippen LogP contribution in [0.25, 0.3) is 0 Å². The summed E-state index contributed by atoms with van der Waals surface area (Å²) < 4.78 is 4.95. The summed E-state index contributed by atoms with van der Waals surface area (Å²) in [5.74, 6) is 0.105. The van der Waals surface area contributed by atoms with Crippen molar-refractivity contribution in [3.63, 3.8) is 0 Å². The zero-order chi connectivity index (χ0) is 18.0. The summed E-state index contributed by atoms with van der Waals surface area (Å²) >= 11 is 17.2. The molecule has 9 heteroatoms. The average Bonchev–Trinajstić information content (AvgIpc) is 3.14. The second-order valence-electron chi connectivity index (χ2n) is 5.03. The number of aromatic nitrogens is 1. The predicted octanol–water partition coefficient (Wildman–Crippen LogP) is 4.36. The van der Waals surface area contributed by atoms with Gasteiger partial charge in [0, 0.05) is 38.2 Å². The molecule has 0 radical (unpaired) electrons. The number of ether oxygens (including phenoxy) is 1. The number of hydrogen-bond acceptors (Lipinski definition) is 6. The first kappa shape index (κ1) is 18.4. The third-order valence-electron chi connectivity index (χ3n) is 3.56. The summed E-state index contributed by atoms with van der Waals surface area (Å²) in [6.07, 6.45) is 1.70. The number of halogens is 3. The fraction of sp³-hybridized carbons (Fsp3) is 0.188. The van der Waals surface area contributed by atoms with Gasteiger partial charge in [-0.05, 0) is 12.1 Å². The SMILES string of the molecule is COC(=O)C1=C(CBr)NC(c2nccs2)=NC1c1ccc(Cl)cc1Cl. The highest BCUT2D eigenvalue weighted by Gasteiger charge is 2.33. The zero-order valence-electron chi connectivity index (χ0n) is 12.9. The number of amidine groups is 1. The molecule has 2 aromatic rings. The van der Waals surface area contributed by atoms with E-state index < -0.39 is 12.0 Å². The van der Waals surface area contributed by atoms with Crippen LogP contribution in [0.15, 0.2) is 46.0 Å². The molecule has 0 aliphatic carbocycles. The maximum atomic E-state index is 12.4. The van der Waals surface area contributed by atoms with E-state index in [2.05, 4.69) is 31.2 Å². The van der Waals surface area contributed by atoms with Gasteiger partial charge in [0.05, 0.1) is 12.7 Å². The van der Waals surface area contributed by atoms with Crippen molar-refractivity contribution in [2.75, 3.05) is 12.4 Å². The summed E-state index contributed by atoms with van der Waals surface area (Å²) in [7, 11) is 1.34. The Bertz CT molecular complexity index is 868. The number of carbonyl (C=O) groups excluding carboxylic acids is 1.